The average Bonchev–Trinajstić information content (AvgIpc) is 2.44. The van der Waals surface area contributed by atoms with E-state index in [2.05, 4.69) is 41.0 Å². The third-order valence-electron chi connectivity index (χ3n) is 4.51. The fourth-order valence-corrected chi connectivity index (χ4v) is 3.02. The van der Waals surface area contributed by atoms with Crippen molar-refractivity contribution in [3.05, 3.63) is 12.3 Å². The van der Waals surface area contributed by atoms with Crippen LogP contribution >= 0.6 is 0 Å². The molecular formula is C16H28N4O. The third-order valence-corrected chi connectivity index (χ3v) is 4.51. The van der Waals surface area contributed by atoms with Gasteiger partial charge in [0.2, 0.25) is 5.88 Å². The zero-order chi connectivity index (χ0) is 15.6. The van der Waals surface area contributed by atoms with Gasteiger partial charge in [0.05, 0.1) is 12.8 Å². The SMILES string of the molecule is COc1nccc(N(C)C)c1NC1CC(C)N(C)CC1C. The number of piperidine rings is 1. The molecule has 1 N–H and O–H groups in total. The molecule has 0 spiro atoms. The molecule has 3 atom stereocenters. The van der Waals surface area contributed by atoms with Crippen LogP contribution in [0.3, 0.4) is 0 Å². The molecule has 1 aromatic rings. The number of pyridine rings is 1. The summed E-state index contributed by atoms with van der Waals surface area (Å²) in [7, 11) is 7.96. The molecule has 21 heavy (non-hydrogen) atoms. The Balaban J connectivity index is 2.26. The Morgan fingerprint density at radius 3 is 2.71 bits per heavy atom. The van der Waals surface area contributed by atoms with E-state index in [0.29, 0.717) is 23.9 Å². The van der Waals surface area contributed by atoms with Crippen molar-refractivity contribution in [3.63, 3.8) is 0 Å². The molecular weight excluding hydrogens is 264 g/mol. The molecule has 2 heterocycles. The summed E-state index contributed by atoms with van der Waals surface area (Å²) < 4.78 is 5.45. The van der Waals surface area contributed by atoms with Crippen LogP contribution < -0.4 is 15.0 Å². The fourth-order valence-electron chi connectivity index (χ4n) is 3.02. The van der Waals surface area contributed by atoms with Crippen LogP contribution in [0.4, 0.5) is 11.4 Å². The van der Waals surface area contributed by atoms with Gasteiger partial charge in [-0.25, -0.2) is 4.98 Å². The molecule has 5 heteroatoms. The number of anilines is 2. The number of likely N-dealkylation sites (tertiary alicyclic amines) is 1. The molecule has 1 fully saturated rings. The Bertz CT molecular complexity index is 477. The van der Waals surface area contributed by atoms with Gasteiger partial charge in [0.15, 0.2) is 0 Å². The summed E-state index contributed by atoms with van der Waals surface area (Å²) in [6, 6.07) is 3.05. The first-order chi connectivity index (χ1) is 9.93. The van der Waals surface area contributed by atoms with Crippen molar-refractivity contribution >= 4 is 11.4 Å². The Morgan fingerprint density at radius 2 is 2.10 bits per heavy atom. The minimum atomic E-state index is 0.438. The smallest absolute Gasteiger partial charge is 0.239 e. The van der Waals surface area contributed by atoms with E-state index in [1.807, 2.05) is 20.2 Å². The lowest BCUT2D eigenvalue weighted by molar-refractivity contribution is 0.145. The molecule has 0 bridgehead atoms. The Kier molecular flexibility index (Phi) is 4.93. The van der Waals surface area contributed by atoms with Crippen molar-refractivity contribution in [2.24, 2.45) is 5.92 Å². The Morgan fingerprint density at radius 1 is 1.38 bits per heavy atom. The molecule has 0 radical (unpaired) electrons. The highest BCUT2D eigenvalue weighted by Crippen LogP contribution is 2.35. The minimum Gasteiger partial charge on any atom is -0.479 e. The predicted octanol–water partition coefficient (Wildman–Crippen LogP) is 2.30. The lowest BCUT2D eigenvalue weighted by atomic mass is 9.89. The predicted molar refractivity (Wildman–Crippen MR) is 88.4 cm³/mol. The van der Waals surface area contributed by atoms with E-state index >= 15 is 0 Å². The number of rotatable bonds is 4. The second-order valence-electron chi connectivity index (χ2n) is 6.36. The summed E-state index contributed by atoms with van der Waals surface area (Å²) in [4.78, 5) is 8.86. The Hall–Kier alpha value is -1.49. The molecule has 0 aliphatic carbocycles. The molecule has 1 aliphatic heterocycles. The van der Waals surface area contributed by atoms with Gasteiger partial charge in [-0.15, -0.1) is 0 Å². The van der Waals surface area contributed by atoms with Gasteiger partial charge in [0.25, 0.3) is 0 Å². The van der Waals surface area contributed by atoms with Crippen LogP contribution in [-0.4, -0.2) is 56.8 Å². The first-order valence-corrected chi connectivity index (χ1v) is 7.61. The topological polar surface area (TPSA) is 40.6 Å². The zero-order valence-electron chi connectivity index (χ0n) is 14.1. The maximum atomic E-state index is 5.45. The average molecular weight is 292 g/mol. The van der Waals surface area contributed by atoms with E-state index < -0.39 is 0 Å². The van der Waals surface area contributed by atoms with Crippen LogP contribution in [0.5, 0.6) is 5.88 Å². The summed E-state index contributed by atoms with van der Waals surface area (Å²) in [5.41, 5.74) is 2.11. The van der Waals surface area contributed by atoms with Gasteiger partial charge >= 0.3 is 0 Å². The summed E-state index contributed by atoms with van der Waals surface area (Å²) in [6.45, 7) is 5.70. The number of nitrogens with zero attached hydrogens (tertiary/aromatic N) is 3. The van der Waals surface area contributed by atoms with E-state index in [0.717, 1.165) is 24.3 Å². The van der Waals surface area contributed by atoms with Crippen molar-refractivity contribution in [3.8, 4) is 5.88 Å². The van der Waals surface area contributed by atoms with Crippen molar-refractivity contribution in [1.82, 2.24) is 9.88 Å². The number of aromatic nitrogens is 1. The highest BCUT2D eigenvalue weighted by Gasteiger charge is 2.30. The summed E-state index contributed by atoms with van der Waals surface area (Å²) in [5.74, 6) is 1.26. The molecule has 3 unspecified atom stereocenters. The monoisotopic (exact) mass is 292 g/mol. The maximum absolute atomic E-state index is 5.45. The fraction of sp³-hybridized carbons (Fsp3) is 0.688. The van der Waals surface area contributed by atoms with Crippen LogP contribution in [0.2, 0.25) is 0 Å². The molecule has 1 aliphatic rings. The standard InChI is InChI=1S/C16H28N4O/c1-11-10-20(5)12(2)9-13(11)18-15-14(19(3)4)7-8-17-16(15)21-6/h7-8,11-13,18H,9-10H2,1-6H3. The van der Waals surface area contributed by atoms with Crippen molar-refractivity contribution in [2.45, 2.75) is 32.4 Å². The van der Waals surface area contributed by atoms with Gasteiger partial charge < -0.3 is 19.9 Å². The van der Waals surface area contributed by atoms with Gasteiger partial charge in [-0.05, 0) is 32.4 Å². The van der Waals surface area contributed by atoms with E-state index in [4.69, 9.17) is 4.74 Å². The van der Waals surface area contributed by atoms with Crippen LogP contribution in [0.25, 0.3) is 0 Å². The first-order valence-electron chi connectivity index (χ1n) is 7.61. The van der Waals surface area contributed by atoms with Crippen LogP contribution in [0, 0.1) is 5.92 Å². The van der Waals surface area contributed by atoms with E-state index in [1.54, 1.807) is 13.3 Å². The molecule has 0 amide bonds. The maximum Gasteiger partial charge on any atom is 0.239 e. The van der Waals surface area contributed by atoms with E-state index in [1.165, 1.54) is 0 Å². The van der Waals surface area contributed by atoms with E-state index in [-0.39, 0.29) is 0 Å². The molecule has 1 saturated heterocycles. The highest BCUT2D eigenvalue weighted by atomic mass is 16.5. The normalized spacial score (nSPS) is 26.5. The molecule has 1 aromatic heterocycles. The van der Waals surface area contributed by atoms with Gasteiger partial charge in [0.1, 0.15) is 5.69 Å². The number of methoxy groups -OCH3 is 1. The zero-order valence-corrected chi connectivity index (χ0v) is 14.1. The summed E-state index contributed by atoms with van der Waals surface area (Å²) in [5, 5.41) is 3.70. The minimum absolute atomic E-state index is 0.438. The Labute approximate surface area is 128 Å². The van der Waals surface area contributed by atoms with Crippen molar-refractivity contribution < 1.29 is 4.74 Å². The lowest BCUT2D eigenvalue weighted by Gasteiger charge is -2.40. The number of hydrogen-bond donors (Lipinski definition) is 1. The van der Waals surface area contributed by atoms with Crippen LogP contribution in [-0.2, 0) is 0 Å². The van der Waals surface area contributed by atoms with Crippen molar-refractivity contribution in [1.29, 1.82) is 0 Å². The van der Waals surface area contributed by atoms with Gasteiger partial charge in [-0.2, -0.15) is 0 Å². The molecule has 5 nitrogen and oxygen atoms in total. The van der Waals surface area contributed by atoms with Gasteiger partial charge in [-0.3, -0.25) is 0 Å². The largest absolute Gasteiger partial charge is 0.479 e. The molecule has 118 valence electrons. The summed E-state index contributed by atoms with van der Waals surface area (Å²) in [6.07, 6.45) is 2.92. The molecule has 0 saturated carbocycles. The quantitative estimate of drug-likeness (QED) is 0.922. The molecule has 2 rings (SSSR count). The van der Waals surface area contributed by atoms with E-state index in [9.17, 15) is 0 Å². The van der Waals surface area contributed by atoms with Crippen molar-refractivity contribution in [2.75, 3.05) is 45.0 Å². The van der Waals surface area contributed by atoms with Gasteiger partial charge in [0, 0.05) is 38.9 Å². The highest BCUT2D eigenvalue weighted by molar-refractivity contribution is 5.74. The second kappa shape index (κ2) is 6.52. The van der Waals surface area contributed by atoms with Crippen LogP contribution in [0.1, 0.15) is 20.3 Å². The number of ether oxygens (including phenoxy) is 1. The first kappa shape index (κ1) is 15.9. The third kappa shape index (κ3) is 3.40. The van der Waals surface area contributed by atoms with Crippen LogP contribution in [0.15, 0.2) is 12.3 Å². The second-order valence-corrected chi connectivity index (χ2v) is 6.36. The van der Waals surface area contributed by atoms with Gasteiger partial charge in [-0.1, -0.05) is 6.92 Å². The molecule has 0 aromatic carbocycles. The number of hydrogen-bond acceptors (Lipinski definition) is 5. The lowest BCUT2D eigenvalue weighted by Crippen LogP contribution is -2.48. The number of nitrogens with one attached hydrogen (secondary N) is 1. The summed E-state index contributed by atoms with van der Waals surface area (Å²) >= 11 is 0.